The molecule has 7 nitrogen and oxygen atoms in total. The number of aromatic nitrogens is 3. The van der Waals surface area contributed by atoms with E-state index in [-0.39, 0.29) is 12.4 Å². The van der Waals surface area contributed by atoms with Crippen LogP contribution in [0.2, 0.25) is 0 Å². The molecule has 0 spiro atoms. The van der Waals surface area contributed by atoms with Gasteiger partial charge in [-0.3, -0.25) is 4.98 Å². The van der Waals surface area contributed by atoms with Gasteiger partial charge in [0.15, 0.2) is 0 Å². The van der Waals surface area contributed by atoms with Crippen LogP contribution in [0.5, 0.6) is 5.75 Å². The molecule has 7 heteroatoms. The fourth-order valence-corrected chi connectivity index (χ4v) is 3.88. The summed E-state index contributed by atoms with van der Waals surface area (Å²) in [6, 6.07) is 15.9. The lowest BCUT2D eigenvalue weighted by molar-refractivity contribution is 0.288. The van der Waals surface area contributed by atoms with E-state index in [2.05, 4.69) is 46.5 Å². The van der Waals surface area contributed by atoms with Crippen LogP contribution in [-0.2, 0) is 19.5 Å². The van der Waals surface area contributed by atoms with Gasteiger partial charge < -0.3 is 25.8 Å². The predicted molar refractivity (Wildman–Crippen MR) is 128 cm³/mol. The summed E-state index contributed by atoms with van der Waals surface area (Å²) in [5.41, 5.74) is 13.9. The molecule has 0 bridgehead atoms. The molecule has 32 heavy (non-hydrogen) atoms. The number of nitrogens with two attached hydrogens (primary N) is 1. The van der Waals surface area contributed by atoms with Crippen molar-refractivity contribution in [2.24, 2.45) is 0 Å². The number of hydrogen-bond donors (Lipinski definition) is 4. The van der Waals surface area contributed by atoms with Crippen LogP contribution in [0.25, 0.3) is 11.0 Å². The van der Waals surface area contributed by atoms with Crippen LogP contribution in [-0.4, -0.2) is 31.4 Å². The Labute approximate surface area is 187 Å². The molecule has 0 saturated heterocycles. The van der Waals surface area contributed by atoms with E-state index < -0.39 is 0 Å². The molecular weight excluding hydrogens is 402 g/mol. The highest BCUT2D eigenvalue weighted by Crippen LogP contribution is 2.25. The van der Waals surface area contributed by atoms with Gasteiger partial charge in [-0.1, -0.05) is 18.2 Å². The maximum absolute atomic E-state index is 10.2. The lowest BCUT2D eigenvalue weighted by Gasteiger charge is -2.13. The summed E-state index contributed by atoms with van der Waals surface area (Å²) >= 11 is 0. The first-order chi connectivity index (χ1) is 15.4. The second-order valence-electron chi connectivity index (χ2n) is 8.14. The standard InChI is InChI=1S/C25H29N5O2/c1-16-5-8-19(4-3-11-31)20(12-16)27-14-18-7-9-23-21(13-18)29-25(26)30(23)15-22-24(32)10-6-17(2)28-22/h5-10,12-13,27,31-32H,3-4,11,14-15H2,1-2H3,(H2,26,29). The molecule has 0 radical (unpaired) electrons. The maximum atomic E-state index is 10.2. The molecule has 4 aromatic rings. The van der Waals surface area contributed by atoms with Gasteiger partial charge in [-0.15, -0.1) is 0 Å². The Hall–Kier alpha value is -3.58. The van der Waals surface area contributed by atoms with Crippen molar-refractivity contribution in [2.45, 2.75) is 39.8 Å². The number of aromatic hydroxyl groups is 1. The number of rotatable bonds is 8. The van der Waals surface area contributed by atoms with Crippen LogP contribution in [0.1, 0.15) is 34.5 Å². The first-order valence-electron chi connectivity index (χ1n) is 10.8. The summed E-state index contributed by atoms with van der Waals surface area (Å²) in [5.74, 6) is 0.533. The summed E-state index contributed by atoms with van der Waals surface area (Å²) in [6.07, 6.45) is 1.57. The molecule has 0 saturated carbocycles. The third kappa shape index (κ3) is 4.68. The minimum Gasteiger partial charge on any atom is -0.506 e. The molecule has 0 aliphatic heterocycles. The van der Waals surface area contributed by atoms with Crippen LogP contribution in [0, 0.1) is 13.8 Å². The van der Waals surface area contributed by atoms with Crippen molar-refractivity contribution < 1.29 is 10.2 Å². The van der Waals surface area contributed by atoms with E-state index in [1.54, 1.807) is 12.1 Å². The average Bonchev–Trinajstić information content (AvgIpc) is 3.08. The van der Waals surface area contributed by atoms with Gasteiger partial charge in [-0.25, -0.2) is 4.98 Å². The lowest BCUT2D eigenvalue weighted by atomic mass is 10.0. The number of nitrogens with zero attached hydrogens (tertiary/aromatic N) is 3. The largest absolute Gasteiger partial charge is 0.506 e. The summed E-state index contributed by atoms with van der Waals surface area (Å²) < 4.78 is 1.86. The van der Waals surface area contributed by atoms with E-state index in [0.29, 0.717) is 24.7 Å². The fourth-order valence-electron chi connectivity index (χ4n) is 3.88. The lowest BCUT2D eigenvalue weighted by Crippen LogP contribution is -2.07. The number of benzene rings is 2. The molecule has 0 atom stereocenters. The highest BCUT2D eigenvalue weighted by Gasteiger charge is 2.13. The highest BCUT2D eigenvalue weighted by atomic mass is 16.3. The Kier molecular flexibility index (Phi) is 6.28. The number of nitrogens with one attached hydrogen (secondary N) is 1. The quantitative estimate of drug-likeness (QED) is 0.337. The van der Waals surface area contributed by atoms with Crippen molar-refractivity contribution in [1.29, 1.82) is 0 Å². The van der Waals surface area contributed by atoms with Gasteiger partial charge in [0, 0.05) is 24.5 Å². The third-order valence-electron chi connectivity index (χ3n) is 5.59. The maximum Gasteiger partial charge on any atom is 0.201 e. The fraction of sp³-hybridized carbons (Fsp3) is 0.280. The average molecular weight is 432 g/mol. The SMILES string of the molecule is Cc1ccc(CCCO)c(NCc2ccc3c(c2)nc(N)n3Cc2nc(C)ccc2O)c1. The third-order valence-corrected chi connectivity index (χ3v) is 5.59. The van der Waals surface area contributed by atoms with Gasteiger partial charge in [0.2, 0.25) is 5.95 Å². The molecule has 5 N–H and O–H groups in total. The first kappa shape index (κ1) is 21.6. The second kappa shape index (κ2) is 9.28. The van der Waals surface area contributed by atoms with Gasteiger partial charge in [-0.05, 0) is 73.7 Å². The number of pyridine rings is 1. The van der Waals surface area contributed by atoms with Crippen LogP contribution in [0.3, 0.4) is 0 Å². The van der Waals surface area contributed by atoms with Crippen molar-refractivity contribution in [1.82, 2.24) is 14.5 Å². The Morgan fingerprint density at radius 3 is 2.69 bits per heavy atom. The topological polar surface area (TPSA) is 109 Å². The summed E-state index contributed by atoms with van der Waals surface area (Å²) in [7, 11) is 0. The molecule has 2 aromatic heterocycles. The zero-order valence-corrected chi connectivity index (χ0v) is 18.5. The summed E-state index contributed by atoms with van der Waals surface area (Å²) in [6.45, 7) is 5.15. The molecule has 0 fully saturated rings. The van der Waals surface area contributed by atoms with Crippen LogP contribution in [0.4, 0.5) is 11.6 Å². The molecule has 0 amide bonds. The smallest absolute Gasteiger partial charge is 0.201 e. The molecular formula is C25H29N5O2. The molecule has 166 valence electrons. The first-order valence-corrected chi connectivity index (χ1v) is 10.8. The molecule has 2 aromatic carbocycles. The van der Waals surface area contributed by atoms with E-state index in [9.17, 15) is 10.2 Å². The Balaban J connectivity index is 1.55. The zero-order valence-electron chi connectivity index (χ0n) is 18.5. The summed E-state index contributed by atoms with van der Waals surface area (Å²) in [5, 5.41) is 22.9. The number of fused-ring (bicyclic) bond motifs is 1. The number of aryl methyl sites for hydroxylation is 3. The predicted octanol–water partition coefficient (Wildman–Crippen LogP) is 3.92. The molecule has 0 aliphatic rings. The highest BCUT2D eigenvalue weighted by molar-refractivity contribution is 5.79. The van der Waals surface area contributed by atoms with Gasteiger partial charge in [0.1, 0.15) is 11.4 Å². The van der Waals surface area contributed by atoms with Crippen molar-refractivity contribution in [3.63, 3.8) is 0 Å². The van der Waals surface area contributed by atoms with E-state index in [1.807, 2.05) is 23.6 Å². The minimum atomic E-state index is 0.146. The second-order valence-corrected chi connectivity index (χ2v) is 8.14. The van der Waals surface area contributed by atoms with Gasteiger partial charge in [-0.2, -0.15) is 0 Å². The molecule has 4 rings (SSSR count). The van der Waals surface area contributed by atoms with E-state index in [4.69, 9.17) is 5.73 Å². The van der Waals surface area contributed by atoms with Gasteiger partial charge >= 0.3 is 0 Å². The number of aliphatic hydroxyl groups excluding tert-OH is 1. The van der Waals surface area contributed by atoms with Gasteiger partial charge in [0.05, 0.1) is 17.6 Å². The monoisotopic (exact) mass is 431 g/mol. The molecule has 2 heterocycles. The number of hydrogen-bond acceptors (Lipinski definition) is 6. The minimum absolute atomic E-state index is 0.146. The Morgan fingerprint density at radius 2 is 1.88 bits per heavy atom. The van der Waals surface area contributed by atoms with Crippen LogP contribution < -0.4 is 11.1 Å². The number of aliphatic hydroxyl groups is 1. The number of imidazole rings is 1. The van der Waals surface area contributed by atoms with Crippen LogP contribution in [0.15, 0.2) is 48.5 Å². The molecule has 0 aliphatic carbocycles. The van der Waals surface area contributed by atoms with Gasteiger partial charge in [0.25, 0.3) is 0 Å². The Bertz CT molecular complexity index is 1250. The number of nitrogen functional groups attached to an aromatic ring is 1. The normalized spacial score (nSPS) is 11.2. The van der Waals surface area contributed by atoms with Crippen molar-refractivity contribution in [3.05, 3.63) is 76.6 Å². The molecule has 0 unspecified atom stereocenters. The zero-order chi connectivity index (χ0) is 22.7. The van der Waals surface area contributed by atoms with Crippen molar-refractivity contribution in [3.8, 4) is 5.75 Å². The van der Waals surface area contributed by atoms with Crippen molar-refractivity contribution >= 4 is 22.7 Å². The Morgan fingerprint density at radius 1 is 1.03 bits per heavy atom. The van der Waals surface area contributed by atoms with E-state index in [1.165, 1.54) is 11.1 Å². The summed E-state index contributed by atoms with van der Waals surface area (Å²) in [4.78, 5) is 8.96. The van der Waals surface area contributed by atoms with E-state index >= 15 is 0 Å². The van der Waals surface area contributed by atoms with Crippen LogP contribution >= 0.6 is 0 Å². The van der Waals surface area contributed by atoms with Crippen molar-refractivity contribution in [2.75, 3.05) is 17.7 Å². The van der Waals surface area contributed by atoms with E-state index in [0.717, 1.165) is 40.8 Å². The number of anilines is 2.